The second kappa shape index (κ2) is 11.5. The van der Waals surface area contributed by atoms with E-state index in [1.807, 2.05) is 49.4 Å². The van der Waals surface area contributed by atoms with Crippen LogP contribution in [0.5, 0.6) is 0 Å². The third-order valence-corrected chi connectivity index (χ3v) is 5.90. The van der Waals surface area contributed by atoms with Crippen molar-refractivity contribution in [2.24, 2.45) is 4.99 Å². The maximum Gasteiger partial charge on any atom is 0.461 e. The van der Waals surface area contributed by atoms with E-state index in [9.17, 15) is 17.6 Å². The lowest BCUT2D eigenvalue weighted by molar-refractivity contribution is -0.279. The summed E-state index contributed by atoms with van der Waals surface area (Å²) in [6.07, 6.45) is -0.753. The predicted molar refractivity (Wildman–Crippen MR) is 130 cm³/mol. The van der Waals surface area contributed by atoms with Crippen molar-refractivity contribution >= 4 is 22.9 Å². The van der Waals surface area contributed by atoms with Crippen LogP contribution in [-0.4, -0.2) is 18.2 Å². The molecule has 1 unspecified atom stereocenters. The number of rotatable bonds is 10. The lowest BCUT2D eigenvalue weighted by atomic mass is 9.97. The molecule has 2 nitrogen and oxygen atoms in total. The molecule has 1 aliphatic heterocycles. The Kier molecular flexibility index (Phi) is 8.72. The number of alkyl halides is 4. The van der Waals surface area contributed by atoms with Crippen LogP contribution in [0.15, 0.2) is 84.1 Å². The average Bonchev–Trinajstić information content (AvgIpc) is 3.29. The number of halogens is 5. The van der Waals surface area contributed by atoms with Crippen molar-refractivity contribution in [2.45, 2.75) is 51.2 Å². The van der Waals surface area contributed by atoms with Crippen molar-refractivity contribution in [3.63, 3.8) is 0 Å². The summed E-state index contributed by atoms with van der Waals surface area (Å²) in [5.74, 6) is -0.509. The third-order valence-electron chi connectivity index (χ3n) is 5.57. The summed E-state index contributed by atoms with van der Waals surface area (Å²) in [6, 6.07) is 16.0. The number of hydrogen-bond donors (Lipinski definition) is 0. The maximum absolute atomic E-state index is 12.9. The molecule has 0 saturated heterocycles. The van der Waals surface area contributed by atoms with E-state index in [1.165, 1.54) is 6.08 Å². The van der Waals surface area contributed by atoms with Crippen LogP contribution >= 0.6 is 11.6 Å². The first kappa shape index (κ1) is 25.8. The van der Waals surface area contributed by atoms with Crippen LogP contribution < -0.4 is 0 Å². The van der Waals surface area contributed by atoms with E-state index in [0.29, 0.717) is 17.9 Å². The minimum absolute atomic E-state index is 0.0923. The van der Waals surface area contributed by atoms with Crippen LogP contribution in [0.4, 0.5) is 17.6 Å². The Balaban J connectivity index is 1.57. The molecule has 1 aliphatic rings. The Labute approximate surface area is 202 Å². The summed E-state index contributed by atoms with van der Waals surface area (Å²) in [4.78, 5) is 4.89. The van der Waals surface area contributed by atoms with Gasteiger partial charge < -0.3 is 4.74 Å². The molecule has 0 bridgehead atoms. The monoisotopic (exact) mass is 491 g/mol. The van der Waals surface area contributed by atoms with E-state index in [0.717, 1.165) is 40.8 Å². The minimum Gasteiger partial charge on any atom is -0.429 e. The second-order valence-corrected chi connectivity index (χ2v) is 8.33. The summed E-state index contributed by atoms with van der Waals surface area (Å²) < 4.78 is 54.1. The zero-order valence-electron chi connectivity index (χ0n) is 18.8. The molecule has 0 aromatic heterocycles. The van der Waals surface area contributed by atoms with E-state index in [4.69, 9.17) is 16.6 Å². The molecule has 3 rings (SSSR count). The number of hydrogen-bond acceptors (Lipinski definition) is 2. The Morgan fingerprint density at radius 3 is 2.56 bits per heavy atom. The second-order valence-electron chi connectivity index (χ2n) is 7.92. The molecule has 34 heavy (non-hydrogen) atoms. The van der Waals surface area contributed by atoms with Crippen molar-refractivity contribution in [1.82, 2.24) is 0 Å². The van der Waals surface area contributed by atoms with Crippen LogP contribution in [0.3, 0.4) is 0 Å². The lowest BCUT2D eigenvalue weighted by Crippen LogP contribution is -2.29. The van der Waals surface area contributed by atoms with Gasteiger partial charge in [-0.15, -0.1) is 0 Å². The Bertz CT molecular complexity index is 1090. The molecule has 0 amide bonds. The molecule has 1 heterocycles. The minimum atomic E-state index is -4.55. The third kappa shape index (κ3) is 6.60. The first-order chi connectivity index (χ1) is 16.2. The van der Waals surface area contributed by atoms with Gasteiger partial charge >= 0.3 is 12.5 Å². The Morgan fingerprint density at radius 2 is 1.91 bits per heavy atom. The quantitative estimate of drug-likeness (QED) is 0.185. The largest absolute Gasteiger partial charge is 0.461 e. The molecular weight excluding hydrogens is 466 g/mol. The van der Waals surface area contributed by atoms with Gasteiger partial charge in [-0.2, -0.15) is 17.6 Å². The van der Waals surface area contributed by atoms with E-state index < -0.39 is 18.3 Å². The van der Waals surface area contributed by atoms with Crippen LogP contribution in [0, 0.1) is 0 Å². The molecule has 0 spiro atoms. The van der Waals surface area contributed by atoms with Crippen LogP contribution in [0.25, 0.3) is 5.57 Å². The average molecular weight is 492 g/mol. The van der Waals surface area contributed by atoms with Gasteiger partial charge in [0.1, 0.15) is 5.76 Å². The smallest absolute Gasteiger partial charge is 0.429 e. The Hall–Kier alpha value is -2.86. The van der Waals surface area contributed by atoms with Gasteiger partial charge in [0.25, 0.3) is 0 Å². The predicted octanol–water partition coefficient (Wildman–Crippen LogP) is 8.79. The highest BCUT2D eigenvalue weighted by Crippen LogP contribution is 2.34. The van der Waals surface area contributed by atoms with Gasteiger partial charge in [-0.25, -0.2) is 0 Å². The molecule has 0 aliphatic carbocycles. The molecule has 0 fully saturated rings. The van der Waals surface area contributed by atoms with Crippen molar-refractivity contribution in [2.75, 3.05) is 0 Å². The molecule has 1 atom stereocenters. The topological polar surface area (TPSA) is 21.6 Å². The first-order valence-electron chi connectivity index (χ1n) is 11.0. The molecule has 2 aromatic carbocycles. The van der Waals surface area contributed by atoms with Gasteiger partial charge in [0.2, 0.25) is 0 Å². The fourth-order valence-electron chi connectivity index (χ4n) is 3.81. The summed E-state index contributed by atoms with van der Waals surface area (Å²) in [6.45, 7) is 5.17. The van der Waals surface area contributed by atoms with E-state index in [1.54, 1.807) is 6.08 Å². The molecule has 0 radical (unpaired) electrons. The fourth-order valence-corrected chi connectivity index (χ4v) is 4.06. The number of nitrogens with zero attached hydrogens (tertiary/aromatic N) is 1. The number of benzene rings is 2. The van der Waals surface area contributed by atoms with Gasteiger partial charge in [-0.05, 0) is 61.4 Å². The van der Waals surface area contributed by atoms with E-state index in [-0.39, 0.29) is 6.04 Å². The van der Waals surface area contributed by atoms with Crippen molar-refractivity contribution in [1.29, 1.82) is 0 Å². The molecule has 0 saturated carbocycles. The highest BCUT2D eigenvalue weighted by molar-refractivity contribution is 6.34. The van der Waals surface area contributed by atoms with E-state index in [2.05, 4.69) is 23.4 Å². The summed E-state index contributed by atoms with van der Waals surface area (Å²) >= 11 is 6.31. The maximum atomic E-state index is 12.9. The van der Waals surface area contributed by atoms with Crippen LogP contribution in [0.1, 0.15) is 55.3 Å². The fraction of sp³-hybridized carbons (Fsp3) is 0.296. The van der Waals surface area contributed by atoms with Gasteiger partial charge in [0.15, 0.2) is 0 Å². The van der Waals surface area contributed by atoms with Gasteiger partial charge in [-0.1, -0.05) is 72.8 Å². The molecule has 180 valence electrons. The molecular formula is C27H26ClF4NO. The van der Waals surface area contributed by atoms with Crippen molar-refractivity contribution in [3.8, 4) is 0 Å². The first-order valence-corrected chi connectivity index (χ1v) is 11.4. The zero-order chi connectivity index (χ0) is 24.7. The molecule has 7 heteroatoms. The van der Waals surface area contributed by atoms with Gasteiger partial charge in [-0.3, -0.25) is 4.99 Å². The number of allylic oxidation sites excluding steroid dienone is 4. The number of ether oxygens (including phenoxy) is 1. The highest BCUT2D eigenvalue weighted by Gasteiger charge is 2.43. The molecule has 2 aromatic rings. The zero-order valence-corrected chi connectivity index (χ0v) is 19.5. The summed E-state index contributed by atoms with van der Waals surface area (Å²) in [5.41, 5.74) is 5.27. The normalized spacial score (nSPS) is 16.9. The van der Waals surface area contributed by atoms with Crippen LogP contribution in [0.2, 0.25) is 5.02 Å². The van der Waals surface area contributed by atoms with E-state index >= 15 is 0 Å². The molecule has 0 N–H and O–H groups in total. The van der Waals surface area contributed by atoms with Crippen LogP contribution in [-0.2, 0) is 4.74 Å². The van der Waals surface area contributed by atoms with Crippen molar-refractivity contribution in [3.05, 3.63) is 101 Å². The Morgan fingerprint density at radius 1 is 1.21 bits per heavy atom. The highest BCUT2D eigenvalue weighted by atomic mass is 35.5. The standard InChI is InChI=1S/C27H26ClF4NO/c1-3-19(9-5-4-8-18(2)34-27(31,32)26(29)30)20-12-14-21(15-13-20)24-16-17-25(33-24)22-10-6-7-11-23(22)28/h3-4,6-8,10-15,24,26H,2,5,9,16-17H2,1H3/b8-4-,19-3+. The SMILES string of the molecule is C=C(/C=C\CC/C(=C\C)c1ccc(C2CCC(c3ccccc3Cl)=N2)cc1)OC(F)(F)C(F)F. The number of aliphatic imine (C=N–C) groups is 1. The van der Waals surface area contributed by atoms with Gasteiger partial charge in [0.05, 0.1) is 6.04 Å². The summed E-state index contributed by atoms with van der Waals surface area (Å²) in [5, 5.41) is 0.710. The van der Waals surface area contributed by atoms with Gasteiger partial charge in [0, 0.05) is 16.3 Å². The summed E-state index contributed by atoms with van der Waals surface area (Å²) in [7, 11) is 0. The van der Waals surface area contributed by atoms with Crippen molar-refractivity contribution < 1.29 is 22.3 Å². The lowest BCUT2D eigenvalue weighted by Gasteiger charge is -2.16.